The Kier molecular flexibility index (Phi) is 3.82. The van der Waals surface area contributed by atoms with Crippen molar-refractivity contribution in [3.63, 3.8) is 0 Å². The van der Waals surface area contributed by atoms with Gasteiger partial charge in [0.2, 0.25) is 0 Å². The molecule has 2 nitrogen and oxygen atoms in total. The van der Waals surface area contributed by atoms with Crippen LogP contribution in [0.5, 0.6) is 0 Å². The fourth-order valence-electron chi connectivity index (χ4n) is 5.70. The molecule has 5 atom stereocenters. The number of halogens is 1. The van der Waals surface area contributed by atoms with E-state index in [-0.39, 0.29) is 0 Å². The van der Waals surface area contributed by atoms with E-state index < -0.39 is 19.8 Å². The molecule has 3 fully saturated rings. The molecule has 122 valence electrons. The quantitative estimate of drug-likeness (QED) is 0.263. The van der Waals surface area contributed by atoms with Crippen LogP contribution >= 0.6 is 19.8 Å². The Hall–Kier alpha value is -0.130. The Morgan fingerprint density at radius 3 is 2.77 bits per heavy atom. The van der Waals surface area contributed by atoms with Gasteiger partial charge in [-0.05, 0) is 0 Å². The molecule has 0 aliphatic carbocycles. The standard InChI is InChI=1S/C19H30IN2/c1-19-13-16-9-11-21-17(16)14-22(19,18(19)20(2)3)12-10-15-7-5-4-6-8-15/h4-8,16-18,21H,9-14H2,1-3H3/q+1/t16-,17+,18?,19?,22?/m0/s1. The topological polar surface area (TPSA) is 12.0 Å². The third kappa shape index (κ3) is 2.19. The third-order valence-corrected chi connectivity index (χ3v) is 11.4. The second-order valence-corrected chi connectivity index (χ2v) is 13.8. The van der Waals surface area contributed by atoms with Crippen molar-refractivity contribution in [2.45, 2.75) is 41.8 Å². The predicted octanol–water partition coefficient (Wildman–Crippen LogP) is 3.29. The molecule has 0 bridgehead atoms. The maximum atomic E-state index is 3.82. The third-order valence-electron chi connectivity index (χ3n) is 6.64. The Labute approximate surface area is 142 Å². The van der Waals surface area contributed by atoms with Gasteiger partial charge in [0, 0.05) is 0 Å². The number of nitrogens with one attached hydrogen (secondary N) is 1. The molecule has 3 heterocycles. The van der Waals surface area contributed by atoms with Crippen LogP contribution < -0.4 is 5.32 Å². The minimum atomic E-state index is -0.781. The first-order chi connectivity index (χ1) is 10.6. The second kappa shape index (κ2) is 5.45. The van der Waals surface area contributed by atoms with Crippen LogP contribution in [0.4, 0.5) is 0 Å². The van der Waals surface area contributed by atoms with Crippen LogP contribution in [0.2, 0.25) is 0 Å². The molecule has 1 aromatic carbocycles. The zero-order valence-corrected chi connectivity index (χ0v) is 16.3. The van der Waals surface area contributed by atoms with Gasteiger partial charge in [-0.25, -0.2) is 0 Å². The molecule has 3 heteroatoms. The van der Waals surface area contributed by atoms with Crippen molar-refractivity contribution in [3.8, 4) is 0 Å². The van der Waals surface area contributed by atoms with Gasteiger partial charge in [-0.3, -0.25) is 0 Å². The molecular formula is C19H30IN2+. The minimum absolute atomic E-state index is 0.621. The van der Waals surface area contributed by atoms with Crippen molar-refractivity contribution in [1.82, 2.24) is 5.32 Å². The summed E-state index contributed by atoms with van der Waals surface area (Å²) in [5, 5.41) is 3.82. The molecule has 1 aromatic rings. The first kappa shape index (κ1) is 15.4. The molecule has 3 aliphatic heterocycles. The van der Waals surface area contributed by atoms with Gasteiger partial charge in [-0.2, -0.15) is 0 Å². The Bertz CT molecular complexity index is 546. The maximum absolute atomic E-state index is 3.82. The monoisotopic (exact) mass is 413 g/mol. The number of piperidine rings is 1. The zero-order chi connectivity index (χ0) is 15.4. The van der Waals surface area contributed by atoms with Crippen molar-refractivity contribution >= 4 is 19.8 Å². The van der Waals surface area contributed by atoms with E-state index in [9.17, 15) is 0 Å². The number of rotatable bonds is 4. The normalized spacial score (nSPS) is 43.4. The molecule has 1 N–H and O–H groups in total. The SMILES string of the molecule is CI(C)C1C2(C)C[C@@H]3CCN[C@@H]3C[N+]12CCc1ccccc1. The Balaban J connectivity index is 1.56. The first-order valence-electron chi connectivity index (χ1n) is 8.70. The van der Waals surface area contributed by atoms with Gasteiger partial charge in [0.15, 0.2) is 0 Å². The molecule has 0 radical (unpaired) electrons. The molecule has 0 amide bonds. The summed E-state index contributed by atoms with van der Waals surface area (Å²) >= 11 is -0.781. The summed E-state index contributed by atoms with van der Waals surface area (Å²) in [6, 6.07) is 11.9. The van der Waals surface area contributed by atoms with Crippen LogP contribution in [0.15, 0.2) is 30.3 Å². The van der Waals surface area contributed by atoms with Crippen LogP contribution in [0.1, 0.15) is 25.3 Å². The van der Waals surface area contributed by atoms with E-state index in [0.717, 1.165) is 16.0 Å². The Morgan fingerprint density at radius 2 is 2.05 bits per heavy atom. The summed E-state index contributed by atoms with van der Waals surface area (Å²) in [5.74, 6) is 0.966. The second-order valence-electron chi connectivity index (χ2n) is 8.00. The molecule has 0 saturated carbocycles. The van der Waals surface area contributed by atoms with Gasteiger partial charge in [-0.15, -0.1) is 0 Å². The van der Waals surface area contributed by atoms with Gasteiger partial charge in [0.05, 0.1) is 0 Å². The van der Waals surface area contributed by atoms with Crippen LogP contribution in [0, 0.1) is 5.92 Å². The number of nitrogens with zero attached hydrogens (tertiary/aromatic N) is 1. The molecule has 4 rings (SSSR count). The van der Waals surface area contributed by atoms with Crippen molar-refractivity contribution in [1.29, 1.82) is 0 Å². The van der Waals surface area contributed by atoms with E-state index in [4.69, 9.17) is 0 Å². The summed E-state index contributed by atoms with van der Waals surface area (Å²) in [6.07, 6.45) is 4.17. The summed E-state index contributed by atoms with van der Waals surface area (Å²) in [5.41, 5.74) is 2.15. The van der Waals surface area contributed by atoms with Gasteiger partial charge in [0.1, 0.15) is 0 Å². The fraction of sp³-hybridized carbons (Fsp3) is 0.684. The van der Waals surface area contributed by atoms with Crippen molar-refractivity contribution in [2.75, 3.05) is 29.5 Å². The molecule has 22 heavy (non-hydrogen) atoms. The van der Waals surface area contributed by atoms with E-state index in [1.54, 1.807) is 0 Å². The first-order valence-corrected chi connectivity index (χ1v) is 14.3. The average Bonchev–Trinajstić information content (AvgIpc) is 2.76. The summed E-state index contributed by atoms with van der Waals surface area (Å²) in [7, 11) is 0. The van der Waals surface area contributed by atoms with Crippen LogP contribution in [0.3, 0.4) is 0 Å². The van der Waals surface area contributed by atoms with Gasteiger partial charge in [-0.1, -0.05) is 0 Å². The van der Waals surface area contributed by atoms with Crippen molar-refractivity contribution in [3.05, 3.63) is 35.9 Å². The van der Waals surface area contributed by atoms with E-state index in [0.29, 0.717) is 5.54 Å². The van der Waals surface area contributed by atoms with Gasteiger partial charge < -0.3 is 0 Å². The van der Waals surface area contributed by atoms with Crippen molar-refractivity contribution in [2.24, 2.45) is 5.92 Å². The van der Waals surface area contributed by atoms with Crippen LogP contribution in [0.25, 0.3) is 0 Å². The van der Waals surface area contributed by atoms with Crippen molar-refractivity contribution < 1.29 is 4.48 Å². The number of hydrogen-bond acceptors (Lipinski definition) is 1. The van der Waals surface area contributed by atoms with E-state index in [1.807, 2.05) is 0 Å². The number of quaternary nitrogens is 1. The van der Waals surface area contributed by atoms with Gasteiger partial charge >= 0.3 is 143 Å². The summed E-state index contributed by atoms with van der Waals surface area (Å²) in [6.45, 7) is 6.67. The predicted molar refractivity (Wildman–Crippen MR) is 103 cm³/mol. The molecule has 0 aromatic heterocycles. The van der Waals surface area contributed by atoms with E-state index >= 15 is 0 Å². The van der Waals surface area contributed by atoms with E-state index in [2.05, 4.69) is 52.4 Å². The molecule has 3 unspecified atom stereocenters. The number of benzene rings is 1. The van der Waals surface area contributed by atoms with Crippen LogP contribution in [-0.4, -0.2) is 49.6 Å². The number of fused-ring (bicyclic) bond motifs is 2. The fourth-order valence-corrected chi connectivity index (χ4v) is 12.3. The molecule has 3 aliphatic rings. The molecule has 3 saturated heterocycles. The Morgan fingerprint density at radius 1 is 1.27 bits per heavy atom. The molecular weight excluding hydrogens is 383 g/mol. The summed E-state index contributed by atoms with van der Waals surface area (Å²) in [4.78, 5) is 5.20. The van der Waals surface area contributed by atoms with Crippen LogP contribution in [-0.2, 0) is 6.42 Å². The number of hydrogen-bond donors (Lipinski definition) is 1. The van der Waals surface area contributed by atoms with E-state index in [1.165, 1.54) is 48.9 Å². The van der Waals surface area contributed by atoms with Gasteiger partial charge in [0.25, 0.3) is 0 Å². The summed E-state index contributed by atoms with van der Waals surface area (Å²) < 4.78 is 2.49. The zero-order valence-electron chi connectivity index (χ0n) is 14.2. The number of alkyl halides is 3. The molecule has 0 spiro atoms. The average molecular weight is 413 g/mol.